The number of rotatable bonds is 4. The summed E-state index contributed by atoms with van der Waals surface area (Å²) < 4.78 is 10.7. The van der Waals surface area contributed by atoms with Crippen LogP contribution in [-0.2, 0) is 12.8 Å². The largest absolute Gasteiger partial charge is 0.496 e. The van der Waals surface area contributed by atoms with E-state index in [4.69, 9.17) is 9.47 Å². The minimum Gasteiger partial charge on any atom is -0.496 e. The highest BCUT2D eigenvalue weighted by Gasteiger charge is 2.11. The molecule has 0 spiro atoms. The molecule has 0 aliphatic heterocycles. The molecule has 0 aromatic heterocycles. The maximum Gasteiger partial charge on any atom is 0.128 e. The molecule has 0 N–H and O–H groups in total. The van der Waals surface area contributed by atoms with Crippen LogP contribution in [0.3, 0.4) is 0 Å². The molecule has 0 aliphatic rings. The smallest absolute Gasteiger partial charge is 0.128 e. The molecule has 0 fully saturated rings. The highest BCUT2D eigenvalue weighted by atomic mass is 16.5. The Balaban J connectivity index is 3.28. The zero-order valence-corrected chi connectivity index (χ0v) is 9.39. The Labute approximate surface area is 85.8 Å². The predicted molar refractivity (Wildman–Crippen MR) is 58.3 cm³/mol. The van der Waals surface area contributed by atoms with E-state index >= 15 is 0 Å². The van der Waals surface area contributed by atoms with E-state index in [-0.39, 0.29) is 0 Å². The van der Waals surface area contributed by atoms with Crippen molar-refractivity contribution in [1.82, 2.24) is 0 Å². The molecule has 0 unspecified atom stereocenters. The molecule has 0 radical (unpaired) electrons. The second-order valence-electron chi connectivity index (χ2n) is 3.15. The van der Waals surface area contributed by atoms with E-state index < -0.39 is 0 Å². The zero-order valence-electron chi connectivity index (χ0n) is 9.39. The maximum absolute atomic E-state index is 5.42. The SMILES string of the molecule is CCc1ccc(OC)c(CC)c1OC. The molecule has 0 atom stereocenters. The van der Waals surface area contributed by atoms with Crippen LogP contribution in [0.5, 0.6) is 11.5 Å². The third-order valence-corrected chi connectivity index (χ3v) is 2.46. The zero-order chi connectivity index (χ0) is 10.6. The minimum absolute atomic E-state index is 0.918. The van der Waals surface area contributed by atoms with Gasteiger partial charge in [0.1, 0.15) is 11.5 Å². The van der Waals surface area contributed by atoms with Gasteiger partial charge in [0.15, 0.2) is 0 Å². The van der Waals surface area contributed by atoms with Crippen LogP contribution in [0.25, 0.3) is 0 Å². The molecule has 1 aromatic rings. The Morgan fingerprint density at radius 1 is 1.00 bits per heavy atom. The molecule has 0 heterocycles. The second kappa shape index (κ2) is 4.89. The summed E-state index contributed by atoms with van der Waals surface area (Å²) in [6.45, 7) is 4.24. The highest BCUT2D eigenvalue weighted by Crippen LogP contribution is 2.32. The Kier molecular flexibility index (Phi) is 3.81. The summed E-state index contributed by atoms with van der Waals surface area (Å²) in [5, 5.41) is 0. The van der Waals surface area contributed by atoms with Crippen molar-refractivity contribution in [3.63, 3.8) is 0 Å². The summed E-state index contributed by atoms with van der Waals surface area (Å²) >= 11 is 0. The highest BCUT2D eigenvalue weighted by molar-refractivity contribution is 5.50. The number of hydrogen-bond acceptors (Lipinski definition) is 2. The number of ether oxygens (including phenoxy) is 2. The first-order chi connectivity index (χ1) is 6.78. The average Bonchev–Trinajstić information content (AvgIpc) is 2.26. The van der Waals surface area contributed by atoms with E-state index in [1.807, 2.05) is 6.07 Å². The average molecular weight is 194 g/mol. The summed E-state index contributed by atoms with van der Waals surface area (Å²) in [4.78, 5) is 0. The van der Waals surface area contributed by atoms with E-state index in [2.05, 4.69) is 19.9 Å². The van der Waals surface area contributed by atoms with Gasteiger partial charge in [-0.05, 0) is 24.5 Å². The Morgan fingerprint density at radius 2 is 1.71 bits per heavy atom. The van der Waals surface area contributed by atoms with Crippen LogP contribution in [0.4, 0.5) is 0 Å². The molecule has 2 heteroatoms. The molecule has 1 rings (SSSR count). The molecule has 1 aromatic carbocycles. The lowest BCUT2D eigenvalue weighted by atomic mass is 10.0. The van der Waals surface area contributed by atoms with Gasteiger partial charge in [-0.1, -0.05) is 19.9 Å². The van der Waals surface area contributed by atoms with E-state index in [1.54, 1.807) is 14.2 Å². The molecule has 78 valence electrons. The van der Waals surface area contributed by atoms with Gasteiger partial charge in [-0.25, -0.2) is 0 Å². The van der Waals surface area contributed by atoms with Crippen LogP contribution in [-0.4, -0.2) is 14.2 Å². The van der Waals surface area contributed by atoms with Gasteiger partial charge < -0.3 is 9.47 Å². The summed E-state index contributed by atoms with van der Waals surface area (Å²) in [6.07, 6.45) is 1.92. The maximum atomic E-state index is 5.42. The summed E-state index contributed by atoms with van der Waals surface area (Å²) in [6, 6.07) is 4.08. The Bertz CT molecular complexity index is 274. The van der Waals surface area contributed by atoms with Gasteiger partial charge in [-0.15, -0.1) is 0 Å². The Hall–Kier alpha value is -1.18. The van der Waals surface area contributed by atoms with Crippen molar-refractivity contribution in [2.75, 3.05) is 14.2 Å². The van der Waals surface area contributed by atoms with Crippen LogP contribution >= 0.6 is 0 Å². The second-order valence-corrected chi connectivity index (χ2v) is 3.15. The lowest BCUT2D eigenvalue weighted by molar-refractivity contribution is 0.383. The standard InChI is InChI=1S/C12H18O2/c1-5-9-7-8-11(13-3)10(6-2)12(9)14-4/h7-8H,5-6H2,1-4H3. The third-order valence-electron chi connectivity index (χ3n) is 2.46. The number of aryl methyl sites for hydroxylation is 1. The molecular formula is C12H18O2. The van der Waals surface area contributed by atoms with Gasteiger partial charge >= 0.3 is 0 Å². The van der Waals surface area contributed by atoms with Crippen molar-refractivity contribution in [2.24, 2.45) is 0 Å². The number of methoxy groups -OCH3 is 2. The van der Waals surface area contributed by atoms with Crippen molar-refractivity contribution in [1.29, 1.82) is 0 Å². The first-order valence-electron chi connectivity index (χ1n) is 5.01. The van der Waals surface area contributed by atoms with Crippen LogP contribution in [0.1, 0.15) is 25.0 Å². The molecule has 2 nitrogen and oxygen atoms in total. The lowest BCUT2D eigenvalue weighted by Gasteiger charge is -2.14. The van der Waals surface area contributed by atoms with Crippen molar-refractivity contribution in [3.05, 3.63) is 23.3 Å². The molecule has 0 saturated carbocycles. The number of benzene rings is 1. The van der Waals surface area contributed by atoms with Gasteiger partial charge in [0.05, 0.1) is 14.2 Å². The van der Waals surface area contributed by atoms with Crippen LogP contribution in [0.15, 0.2) is 12.1 Å². The topological polar surface area (TPSA) is 18.5 Å². The quantitative estimate of drug-likeness (QED) is 0.733. The van der Waals surface area contributed by atoms with E-state index in [0.29, 0.717) is 0 Å². The van der Waals surface area contributed by atoms with Crippen molar-refractivity contribution in [3.8, 4) is 11.5 Å². The van der Waals surface area contributed by atoms with Crippen LogP contribution in [0.2, 0.25) is 0 Å². The van der Waals surface area contributed by atoms with Gasteiger partial charge in [-0.3, -0.25) is 0 Å². The van der Waals surface area contributed by atoms with Gasteiger partial charge in [0.2, 0.25) is 0 Å². The van der Waals surface area contributed by atoms with Crippen molar-refractivity contribution >= 4 is 0 Å². The molecule has 0 bridgehead atoms. The lowest BCUT2D eigenvalue weighted by Crippen LogP contribution is -1.99. The van der Waals surface area contributed by atoms with Crippen molar-refractivity contribution in [2.45, 2.75) is 26.7 Å². The Morgan fingerprint density at radius 3 is 2.14 bits per heavy atom. The summed E-state index contributed by atoms with van der Waals surface area (Å²) in [7, 11) is 3.41. The van der Waals surface area contributed by atoms with Crippen LogP contribution in [0, 0.1) is 0 Å². The summed E-state index contributed by atoms with van der Waals surface area (Å²) in [5.74, 6) is 1.90. The van der Waals surface area contributed by atoms with Gasteiger partial charge in [0, 0.05) is 5.56 Å². The minimum atomic E-state index is 0.918. The predicted octanol–water partition coefficient (Wildman–Crippen LogP) is 2.83. The van der Waals surface area contributed by atoms with Crippen molar-refractivity contribution < 1.29 is 9.47 Å². The number of hydrogen-bond donors (Lipinski definition) is 0. The monoisotopic (exact) mass is 194 g/mol. The molecule has 14 heavy (non-hydrogen) atoms. The van der Waals surface area contributed by atoms with Crippen LogP contribution < -0.4 is 9.47 Å². The molecule has 0 amide bonds. The van der Waals surface area contributed by atoms with E-state index in [0.717, 1.165) is 29.9 Å². The summed E-state index contributed by atoms with van der Waals surface area (Å²) in [5.41, 5.74) is 2.40. The van der Waals surface area contributed by atoms with Gasteiger partial charge in [0.25, 0.3) is 0 Å². The first-order valence-corrected chi connectivity index (χ1v) is 5.01. The fourth-order valence-corrected chi connectivity index (χ4v) is 1.72. The fraction of sp³-hybridized carbons (Fsp3) is 0.500. The third kappa shape index (κ3) is 1.84. The van der Waals surface area contributed by atoms with E-state index in [1.165, 1.54) is 5.56 Å². The molecular weight excluding hydrogens is 176 g/mol. The normalized spacial score (nSPS) is 10.0. The first kappa shape index (κ1) is 10.9. The molecule has 0 aliphatic carbocycles. The van der Waals surface area contributed by atoms with E-state index in [9.17, 15) is 0 Å². The van der Waals surface area contributed by atoms with Gasteiger partial charge in [-0.2, -0.15) is 0 Å². The fourth-order valence-electron chi connectivity index (χ4n) is 1.72. The molecule has 0 saturated heterocycles.